The molecule has 1 fully saturated rings. The van der Waals surface area contributed by atoms with Crippen molar-refractivity contribution in [2.24, 2.45) is 0 Å². The Kier molecular flexibility index (Phi) is 4.25. The zero-order valence-electron chi connectivity index (χ0n) is 9.54. The van der Waals surface area contributed by atoms with Crippen LogP contribution in [0.4, 0.5) is 0 Å². The monoisotopic (exact) mass is 252 g/mol. The number of carbonyl (C=O) groups excluding carboxylic acids is 1. The van der Waals surface area contributed by atoms with Gasteiger partial charge in [-0.05, 0) is 0 Å². The summed E-state index contributed by atoms with van der Waals surface area (Å²) in [7, 11) is 0.630. The van der Waals surface area contributed by atoms with Crippen LogP contribution in [-0.2, 0) is 24.5 Å². The van der Waals surface area contributed by atoms with Crippen LogP contribution in [0.1, 0.15) is 0 Å². The van der Waals surface area contributed by atoms with Gasteiger partial charge in [0.1, 0.15) is 0 Å². The summed E-state index contributed by atoms with van der Waals surface area (Å²) in [5.74, 6) is -0.557. The van der Waals surface area contributed by atoms with Gasteiger partial charge in [-0.3, -0.25) is 0 Å². The van der Waals surface area contributed by atoms with E-state index >= 15 is 0 Å². The molecule has 16 heavy (non-hydrogen) atoms. The van der Waals surface area contributed by atoms with Crippen LogP contribution < -0.4 is 0 Å². The molecule has 1 unspecified atom stereocenters. The zero-order chi connectivity index (χ0) is 12.3. The van der Waals surface area contributed by atoms with Crippen LogP contribution in [0.15, 0.2) is 0 Å². The lowest BCUT2D eigenvalue weighted by atomic mass is 10.3. The highest BCUT2D eigenvalue weighted by Gasteiger charge is 2.34. The van der Waals surface area contributed by atoms with Crippen molar-refractivity contribution in [1.29, 1.82) is 0 Å². The zero-order valence-corrected chi connectivity index (χ0v) is 10.4. The molecule has 0 aromatic heterocycles. The molecule has 1 aliphatic rings. The number of hydrogen-bond donors (Lipinski definition) is 0. The SMILES string of the molecule is COC(=O)C1CN(S(=O)(=O)N(C)C)CCO1. The first-order valence-corrected chi connectivity index (χ1v) is 6.16. The highest BCUT2D eigenvalue weighted by molar-refractivity contribution is 7.86. The molecule has 7 nitrogen and oxygen atoms in total. The minimum Gasteiger partial charge on any atom is -0.467 e. The molecule has 0 aliphatic carbocycles. The molecule has 0 radical (unpaired) electrons. The first-order chi connectivity index (χ1) is 7.39. The highest BCUT2D eigenvalue weighted by atomic mass is 32.2. The number of morpholine rings is 1. The Morgan fingerprint density at radius 3 is 2.62 bits per heavy atom. The number of nitrogens with zero attached hydrogens (tertiary/aromatic N) is 2. The Morgan fingerprint density at radius 1 is 1.50 bits per heavy atom. The van der Waals surface area contributed by atoms with Gasteiger partial charge >= 0.3 is 5.97 Å². The van der Waals surface area contributed by atoms with Crippen molar-refractivity contribution >= 4 is 16.2 Å². The van der Waals surface area contributed by atoms with Crippen LogP contribution in [0.25, 0.3) is 0 Å². The maximum atomic E-state index is 11.8. The lowest BCUT2D eigenvalue weighted by molar-refractivity contribution is -0.157. The Bertz CT molecular complexity index is 353. The van der Waals surface area contributed by atoms with E-state index in [4.69, 9.17) is 4.74 Å². The van der Waals surface area contributed by atoms with Crippen molar-refractivity contribution < 1.29 is 22.7 Å². The Balaban J connectivity index is 2.75. The summed E-state index contributed by atoms with van der Waals surface area (Å²) in [6.45, 7) is 0.425. The van der Waals surface area contributed by atoms with Crippen LogP contribution in [-0.4, -0.2) is 70.0 Å². The number of esters is 1. The second-order valence-electron chi connectivity index (χ2n) is 3.53. The van der Waals surface area contributed by atoms with Gasteiger partial charge in [-0.25, -0.2) is 4.79 Å². The summed E-state index contributed by atoms with van der Waals surface area (Å²) >= 11 is 0. The van der Waals surface area contributed by atoms with Gasteiger partial charge in [0, 0.05) is 20.6 Å². The van der Waals surface area contributed by atoms with E-state index < -0.39 is 22.3 Å². The topological polar surface area (TPSA) is 76.2 Å². The van der Waals surface area contributed by atoms with Gasteiger partial charge in [0.15, 0.2) is 6.10 Å². The van der Waals surface area contributed by atoms with Gasteiger partial charge in [-0.1, -0.05) is 0 Å². The van der Waals surface area contributed by atoms with E-state index in [1.54, 1.807) is 0 Å². The minimum atomic E-state index is -3.50. The Labute approximate surface area is 95.1 Å². The lowest BCUT2D eigenvalue weighted by Gasteiger charge is -2.32. The predicted octanol–water partition coefficient (Wildman–Crippen LogP) is -1.33. The standard InChI is InChI=1S/C8H16N2O5S/c1-9(2)16(12,13)10-4-5-15-7(6-10)8(11)14-3/h7H,4-6H2,1-3H3. The molecule has 1 atom stereocenters. The third-order valence-corrected chi connectivity index (χ3v) is 4.19. The first-order valence-electron chi connectivity index (χ1n) is 4.76. The molecule has 1 heterocycles. The van der Waals surface area contributed by atoms with Crippen LogP contribution >= 0.6 is 0 Å². The van der Waals surface area contributed by atoms with Crippen LogP contribution in [0.3, 0.4) is 0 Å². The number of ether oxygens (including phenoxy) is 2. The summed E-state index contributed by atoms with van der Waals surface area (Å²) in [6.07, 6.45) is -0.839. The van der Waals surface area contributed by atoms with E-state index in [1.165, 1.54) is 25.5 Å². The molecule has 0 amide bonds. The number of rotatable bonds is 3. The molecular weight excluding hydrogens is 236 g/mol. The minimum absolute atomic E-state index is 0.00676. The van der Waals surface area contributed by atoms with Crippen LogP contribution in [0, 0.1) is 0 Å². The molecule has 0 saturated carbocycles. The second kappa shape index (κ2) is 5.09. The highest BCUT2D eigenvalue weighted by Crippen LogP contribution is 2.12. The van der Waals surface area contributed by atoms with Gasteiger partial charge in [-0.15, -0.1) is 0 Å². The fraction of sp³-hybridized carbons (Fsp3) is 0.875. The molecular formula is C8H16N2O5S. The molecule has 1 saturated heterocycles. The summed E-state index contributed by atoms with van der Waals surface area (Å²) in [4.78, 5) is 11.2. The van der Waals surface area contributed by atoms with Crippen LogP contribution in [0.2, 0.25) is 0 Å². The summed E-state index contributed by atoms with van der Waals surface area (Å²) in [5, 5.41) is 0. The number of methoxy groups -OCH3 is 1. The van der Waals surface area contributed by atoms with Gasteiger partial charge in [0.2, 0.25) is 0 Å². The lowest BCUT2D eigenvalue weighted by Crippen LogP contribution is -2.51. The predicted molar refractivity (Wildman–Crippen MR) is 55.9 cm³/mol. The van der Waals surface area contributed by atoms with Crippen molar-refractivity contribution in [3.05, 3.63) is 0 Å². The number of hydrogen-bond acceptors (Lipinski definition) is 5. The Hall–Kier alpha value is -0.700. The molecule has 0 aromatic carbocycles. The third kappa shape index (κ3) is 2.70. The largest absolute Gasteiger partial charge is 0.467 e. The van der Waals surface area contributed by atoms with E-state index in [0.717, 1.165) is 4.31 Å². The quantitative estimate of drug-likeness (QED) is 0.581. The van der Waals surface area contributed by atoms with Crippen molar-refractivity contribution in [3.63, 3.8) is 0 Å². The first kappa shape index (κ1) is 13.4. The van der Waals surface area contributed by atoms with E-state index in [-0.39, 0.29) is 19.7 Å². The van der Waals surface area contributed by atoms with Crippen molar-refractivity contribution in [1.82, 2.24) is 8.61 Å². The summed E-state index contributed by atoms with van der Waals surface area (Å²) in [6, 6.07) is 0. The fourth-order valence-corrected chi connectivity index (χ4v) is 2.43. The van der Waals surface area contributed by atoms with E-state index in [0.29, 0.717) is 0 Å². The van der Waals surface area contributed by atoms with E-state index in [2.05, 4.69) is 4.74 Å². The maximum Gasteiger partial charge on any atom is 0.336 e. The molecule has 0 N–H and O–H groups in total. The molecule has 1 rings (SSSR count). The van der Waals surface area contributed by atoms with Gasteiger partial charge in [0.25, 0.3) is 10.2 Å². The van der Waals surface area contributed by atoms with Gasteiger partial charge in [0.05, 0.1) is 20.3 Å². The fourth-order valence-electron chi connectivity index (χ4n) is 1.34. The maximum absolute atomic E-state index is 11.8. The Morgan fingerprint density at radius 2 is 2.12 bits per heavy atom. The molecule has 8 heteroatoms. The van der Waals surface area contributed by atoms with Crippen LogP contribution in [0.5, 0.6) is 0 Å². The smallest absolute Gasteiger partial charge is 0.336 e. The van der Waals surface area contributed by atoms with E-state index in [1.807, 2.05) is 0 Å². The van der Waals surface area contributed by atoms with Crippen molar-refractivity contribution in [3.8, 4) is 0 Å². The second-order valence-corrected chi connectivity index (χ2v) is 5.67. The molecule has 1 aliphatic heterocycles. The summed E-state index contributed by atoms with van der Waals surface area (Å²) < 4.78 is 35.5. The van der Waals surface area contributed by atoms with Crippen molar-refractivity contribution in [2.45, 2.75) is 6.10 Å². The van der Waals surface area contributed by atoms with Crippen molar-refractivity contribution in [2.75, 3.05) is 40.9 Å². The third-order valence-electron chi connectivity index (χ3n) is 2.28. The molecule has 0 aromatic rings. The molecule has 0 spiro atoms. The normalized spacial score (nSPS) is 23.4. The average molecular weight is 252 g/mol. The van der Waals surface area contributed by atoms with E-state index in [9.17, 15) is 13.2 Å². The van der Waals surface area contributed by atoms with Gasteiger partial charge in [-0.2, -0.15) is 17.0 Å². The summed E-state index contributed by atoms with van der Waals surface area (Å²) in [5.41, 5.74) is 0. The molecule has 0 bridgehead atoms. The average Bonchev–Trinajstić information content (AvgIpc) is 2.28. The van der Waals surface area contributed by atoms with Gasteiger partial charge < -0.3 is 9.47 Å². The number of carbonyl (C=O) groups is 1. The molecule has 94 valence electrons.